The highest BCUT2D eigenvalue weighted by Crippen LogP contribution is 2.23. The van der Waals surface area contributed by atoms with E-state index in [1.165, 1.54) is 18.2 Å². The zero-order chi connectivity index (χ0) is 19.7. The molecule has 0 unspecified atom stereocenters. The summed E-state index contributed by atoms with van der Waals surface area (Å²) < 4.78 is 15.0. The highest BCUT2D eigenvalue weighted by molar-refractivity contribution is 5.73. The molecule has 0 saturated heterocycles. The summed E-state index contributed by atoms with van der Waals surface area (Å²) in [6.07, 6.45) is 2.88. The molecule has 0 aliphatic rings. The van der Waals surface area contributed by atoms with Gasteiger partial charge in [0.1, 0.15) is 11.5 Å². The van der Waals surface area contributed by atoms with Crippen LogP contribution in [0.3, 0.4) is 0 Å². The van der Waals surface area contributed by atoms with E-state index >= 15 is 0 Å². The Morgan fingerprint density at radius 1 is 1.11 bits per heavy atom. The summed E-state index contributed by atoms with van der Waals surface area (Å²) in [4.78, 5) is 37.4. The molecule has 0 aliphatic heterocycles. The number of H-pyrrole nitrogens is 2. The van der Waals surface area contributed by atoms with E-state index in [1.807, 2.05) is 29.5 Å². The average molecular weight is 370 g/mol. The standard InChI is InChI=1S/C18H15FN4O4/c1-10-9-12(11(2)22(10)14-6-4-13(19)5-7-14)3-8-15-16(23(26)27)17(24)21-18(25)20-15/h3-9H,1-2H3,(H2,20,21,24,25). The third-order valence-electron chi connectivity index (χ3n) is 4.11. The Bertz CT molecular complexity index is 1170. The van der Waals surface area contributed by atoms with Gasteiger partial charge in [-0.2, -0.15) is 0 Å². The van der Waals surface area contributed by atoms with Crippen molar-refractivity contribution in [1.82, 2.24) is 14.5 Å². The zero-order valence-electron chi connectivity index (χ0n) is 14.4. The van der Waals surface area contributed by atoms with Gasteiger partial charge in [0.15, 0.2) is 0 Å². The highest BCUT2D eigenvalue weighted by Gasteiger charge is 2.19. The Balaban J connectivity index is 2.07. The van der Waals surface area contributed by atoms with Crippen molar-refractivity contribution in [2.24, 2.45) is 0 Å². The van der Waals surface area contributed by atoms with Crippen molar-refractivity contribution in [3.05, 3.63) is 89.7 Å². The largest absolute Gasteiger partial charge is 0.357 e. The van der Waals surface area contributed by atoms with Gasteiger partial charge in [0.25, 0.3) is 0 Å². The van der Waals surface area contributed by atoms with Crippen LogP contribution in [0, 0.1) is 29.8 Å². The first-order valence-corrected chi connectivity index (χ1v) is 7.92. The molecule has 9 heteroatoms. The molecule has 3 aromatic rings. The summed E-state index contributed by atoms with van der Waals surface area (Å²) in [5.41, 5.74) is 0.340. The van der Waals surface area contributed by atoms with Crippen molar-refractivity contribution in [1.29, 1.82) is 0 Å². The lowest BCUT2D eigenvalue weighted by Gasteiger charge is -2.09. The van der Waals surface area contributed by atoms with Crippen LogP contribution in [0.1, 0.15) is 22.6 Å². The average Bonchev–Trinajstić information content (AvgIpc) is 2.87. The van der Waals surface area contributed by atoms with Crippen molar-refractivity contribution >= 4 is 17.8 Å². The number of aromatic amines is 2. The van der Waals surface area contributed by atoms with E-state index in [9.17, 15) is 24.1 Å². The first kappa shape index (κ1) is 18.1. The molecule has 0 amide bonds. The van der Waals surface area contributed by atoms with Crippen LogP contribution in [0.5, 0.6) is 0 Å². The number of hydrogen-bond donors (Lipinski definition) is 2. The predicted molar refractivity (Wildman–Crippen MR) is 98.5 cm³/mol. The van der Waals surface area contributed by atoms with Crippen molar-refractivity contribution in [3.8, 4) is 5.69 Å². The van der Waals surface area contributed by atoms with Gasteiger partial charge < -0.3 is 9.55 Å². The fraction of sp³-hybridized carbons (Fsp3) is 0.111. The lowest BCUT2D eigenvalue weighted by Crippen LogP contribution is -2.25. The molecular weight excluding hydrogens is 355 g/mol. The molecular formula is C18H15FN4O4. The van der Waals surface area contributed by atoms with E-state index < -0.39 is 21.9 Å². The molecule has 8 nitrogen and oxygen atoms in total. The SMILES string of the molecule is Cc1cc(C=Cc2[nH]c(=O)[nH]c(=O)c2[N+](=O)[O-])c(C)n1-c1ccc(F)cc1. The summed E-state index contributed by atoms with van der Waals surface area (Å²) in [5.74, 6) is -0.341. The van der Waals surface area contributed by atoms with Crippen LogP contribution in [-0.2, 0) is 0 Å². The van der Waals surface area contributed by atoms with Crippen molar-refractivity contribution < 1.29 is 9.31 Å². The number of nitrogens with zero attached hydrogens (tertiary/aromatic N) is 2. The van der Waals surface area contributed by atoms with Crippen LogP contribution in [-0.4, -0.2) is 19.5 Å². The quantitative estimate of drug-likeness (QED) is 0.543. The summed E-state index contributed by atoms with van der Waals surface area (Å²) in [7, 11) is 0. The second-order valence-corrected chi connectivity index (χ2v) is 5.90. The molecule has 3 rings (SSSR count). The number of aromatic nitrogens is 3. The van der Waals surface area contributed by atoms with E-state index in [1.54, 1.807) is 18.2 Å². The van der Waals surface area contributed by atoms with Gasteiger partial charge in [-0.3, -0.25) is 19.9 Å². The molecule has 0 aliphatic carbocycles. The lowest BCUT2D eigenvalue weighted by molar-refractivity contribution is -0.386. The number of nitro groups is 1. The molecule has 138 valence electrons. The molecule has 2 heterocycles. The highest BCUT2D eigenvalue weighted by atomic mass is 19.1. The van der Waals surface area contributed by atoms with E-state index in [4.69, 9.17) is 0 Å². The Hall–Kier alpha value is -3.75. The molecule has 0 fully saturated rings. The minimum Gasteiger partial charge on any atom is -0.318 e. The Labute approximate surface area is 151 Å². The summed E-state index contributed by atoms with van der Waals surface area (Å²) in [6, 6.07) is 7.83. The normalized spacial score (nSPS) is 11.2. The van der Waals surface area contributed by atoms with Crippen LogP contribution in [0.4, 0.5) is 10.1 Å². The van der Waals surface area contributed by atoms with Gasteiger partial charge in [-0.15, -0.1) is 0 Å². The third kappa shape index (κ3) is 3.47. The fourth-order valence-electron chi connectivity index (χ4n) is 2.92. The van der Waals surface area contributed by atoms with Gasteiger partial charge in [-0.05, 0) is 55.8 Å². The van der Waals surface area contributed by atoms with E-state index in [-0.39, 0.29) is 11.5 Å². The monoisotopic (exact) mass is 370 g/mol. The Morgan fingerprint density at radius 3 is 2.41 bits per heavy atom. The molecule has 2 aromatic heterocycles. The van der Waals surface area contributed by atoms with Gasteiger partial charge in [-0.1, -0.05) is 6.08 Å². The molecule has 0 spiro atoms. The number of nitrogens with one attached hydrogen (secondary N) is 2. The molecule has 27 heavy (non-hydrogen) atoms. The number of halogens is 1. The minimum absolute atomic E-state index is 0.194. The first-order chi connectivity index (χ1) is 12.8. The first-order valence-electron chi connectivity index (χ1n) is 7.92. The van der Waals surface area contributed by atoms with Crippen molar-refractivity contribution in [3.63, 3.8) is 0 Å². The van der Waals surface area contributed by atoms with Crippen LogP contribution >= 0.6 is 0 Å². The van der Waals surface area contributed by atoms with Gasteiger partial charge >= 0.3 is 16.9 Å². The minimum atomic E-state index is -1.07. The third-order valence-corrected chi connectivity index (χ3v) is 4.11. The summed E-state index contributed by atoms with van der Waals surface area (Å²) >= 11 is 0. The van der Waals surface area contributed by atoms with Gasteiger partial charge in [0, 0.05) is 17.1 Å². The van der Waals surface area contributed by atoms with Gasteiger partial charge in [-0.25, -0.2) is 9.18 Å². The number of benzene rings is 1. The molecule has 1 aromatic carbocycles. The Morgan fingerprint density at radius 2 is 1.78 bits per heavy atom. The van der Waals surface area contributed by atoms with Crippen LogP contribution in [0.2, 0.25) is 0 Å². The Kier molecular flexibility index (Phi) is 4.59. The maximum absolute atomic E-state index is 13.2. The molecule has 0 bridgehead atoms. The van der Waals surface area contributed by atoms with Crippen LogP contribution in [0.15, 0.2) is 39.9 Å². The zero-order valence-corrected chi connectivity index (χ0v) is 14.4. The topological polar surface area (TPSA) is 114 Å². The van der Waals surface area contributed by atoms with Crippen LogP contribution < -0.4 is 11.2 Å². The maximum atomic E-state index is 13.2. The second kappa shape index (κ2) is 6.87. The van der Waals surface area contributed by atoms with Crippen LogP contribution in [0.25, 0.3) is 17.8 Å². The molecule has 0 radical (unpaired) electrons. The predicted octanol–water partition coefficient (Wildman–Crippen LogP) is 2.69. The maximum Gasteiger partial charge on any atom is 0.357 e. The summed E-state index contributed by atoms with van der Waals surface area (Å²) in [5, 5.41) is 11.1. The number of rotatable bonds is 4. The molecule has 2 N–H and O–H groups in total. The molecule has 0 atom stereocenters. The second-order valence-electron chi connectivity index (χ2n) is 5.90. The van der Waals surface area contributed by atoms with Crippen molar-refractivity contribution in [2.45, 2.75) is 13.8 Å². The lowest BCUT2D eigenvalue weighted by atomic mass is 10.2. The number of hydrogen-bond acceptors (Lipinski definition) is 4. The number of aryl methyl sites for hydroxylation is 1. The molecule has 0 saturated carbocycles. The van der Waals surface area contributed by atoms with E-state index in [2.05, 4.69) is 4.98 Å². The van der Waals surface area contributed by atoms with Crippen molar-refractivity contribution in [2.75, 3.05) is 0 Å². The van der Waals surface area contributed by atoms with E-state index in [0.717, 1.165) is 22.6 Å². The van der Waals surface area contributed by atoms with Gasteiger partial charge in [0.05, 0.1) is 4.92 Å². The van der Waals surface area contributed by atoms with E-state index in [0.29, 0.717) is 0 Å². The summed E-state index contributed by atoms with van der Waals surface area (Å²) in [6.45, 7) is 3.70. The van der Waals surface area contributed by atoms with Gasteiger partial charge in [0.2, 0.25) is 0 Å². The smallest absolute Gasteiger partial charge is 0.318 e. The fourth-order valence-corrected chi connectivity index (χ4v) is 2.92.